The Bertz CT molecular complexity index is 633. The first-order chi connectivity index (χ1) is 9.49. The topological polar surface area (TPSA) is 46.5 Å². The molecule has 3 nitrogen and oxygen atoms in total. The number of hydrogen-bond donors (Lipinski definition) is 1. The van der Waals surface area contributed by atoms with E-state index in [1.54, 1.807) is 13.0 Å². The molecule has 0 saturated heterocycles. The number of aromatic carboxylic acids is 1. The molecule has 2 aromatic carbocycles. The summed E-state index contributed by atoms with van der Waals surface area (Å²) >= 11 is 0. The van der Waals surface area contributed by atoms with E-state index in [1.165, 1.54) is 18.2 Å². The Kier molecular flexibility index (Phi) is 3.98. The Morgan fingerprint density at radius 1 is 1.20 bits per heavy atom. The summed E-state index contributed by atoms with van der Waals surface area (Å²) in [6, 6.07) is 8.07. The Balaban J connectivity index is 2.25. The Hall–Kier alpha value is -2.43. The normalized spacial score (nSPS) is 10.3. The monoisotopic (exact) mass is 278 g/mol. The molecule has 0 spiro atoms. The summed E-state index contributed by atoms with van der Waals surface area (Å²) in [5.41, 5.74) is 0.484. The molecule has 1 N–H and O–H groups in total. The van der Waals surface area contributed by atoms with Crippen molar-refractivity contribution in [3.63, 3.8) is 0 Å². The van der Waals surface area contributed by atoms with Crippen LogP contribution in [0.1, 0.15) is 21.5 Å². The maximum Gasteiger partial charge on any atom is 0.339 e. The van der Waals surface area contributed by atoms with Crippen LogP contribution in [0.25, 0.3) is 0 Å². The van der Waals surface area contributed by atoms with Gasteiger partial charge in [0, 0.05) is 0 Å². The summed E-state index contributed by atoms with van der Waals surface area (Å²) < 4.78 is 32.1. The van der Waals surface area contributed by atoms with Crippen molar-refractivity contribution in [1.82, 2.24) is 0 Å². The highest BCUT2D eigenvalue weighted by molar-refractivity contribution is 5.91. The van der Waals surface area contributed by atoms with Gasteiger partial charge in [0.25, 0.3) is 0 Å². The predicted octanol–water partition coefficient (Wildman–Crippen LogP) is 3.55. The molecule has 0 aromatic heterocycles. The highest BCUT2D eigenvalue weighted by Crippen LogP contribution is 2.22. The van der Waals surface area contributed by atoms with E-state index in [0.717, 1.165) is 17.7 Å². The summed E-state index contributed by atoms with van der Waals surface area (Å²) in [5, 5.41) is 9.07. The fourth-order valence-electron chi connectivity index (χ4n) is 1.76. The molecule has 104 valence electrons. The van der Waals surface area contributed by atoms with Gasteiger partial charge in [-0.15, -0.1) is 0 Å². The Morgan fingerprint density at radius 3 is 2.45 bits per heavy atom. The van der Waals surface area contributed by atoms with E-state index in [0.29, 0.717) is 0 Å². The lowest BCUT2D eigenvalue weighted by atomic mass is 10.1. The van der Waals surface area contributed by atoms with E-state index >= 15 is 0 Å². The molecule has 0 aliphatic rings. The van der Waals surface area contributed by atoms with Crippen LogP contribution in [0.15, 0.2) is 36.4 Å². The summed E-state index contributed by atoms with van der Waals surface area (Å²) in [6.07, 6.45) is 0. The number of rotatable bonds is 4. The number of carbonyl (C=O) groups is 1. The van der Waals surface area contributed by atoms with Crippen LogP contribution in [0, 0.1) is 18.6 Å². The van der Waals surface area contributed by atoms with Gasteiger partial charge in [0.2, 0.25) is 0 Å². The van der Waals surface area contributed by atoms with Gasteiger partial charge in [-0.1, -0.05) is 17.7 Å². The van der Waals surface area contributed by atoms with Crippen molar-refractivity contribution in [3.05, 3.63) is 64.7 Å². The maximum atomic E-state index is 13.4. The van der Waals surface area contributed by atoms with Crippen molar-refractivity contribution >= 4 is 5.97 Å². The van der Waals surface area contributed by atoms with Crippen LogP contribution in [0.4, 0.5) is 8.78 Å². The molecule has 0 unspecified atom stereocenters. The third-order valence-corrected chi connectivity index (χ3v) is 2.80. The van der Waals surface area contributed by atoms with Gasteiger partial charge in [0.05, 0.1) is 5.56 Å². The molecule has 0 fully saturated rings. The lowest BCUT2D eigenvalue weighted by molar-refractivity contribution is 0.0691. The standard InChI is InChI=1S/C15H12F2O3/c1-9-5-6-14(10(7-9)15(18)19)20-8-11-12(16)3-2-4-13(11)17/h2-7H,8H2,1H3,(H,18,19). The van der Waals surface area contributed by atoms with Crippen molar-refractivity contribution in [2.24, 2.45) is 0 Å². The second-order valence-electron chi connectivity index (χ2n) is 4.29. The summed E-state index contributed by atoms with van der Waals surface area (Å²) in [7, 11) is 0. The van der Waals surface area contributed by atoms with E-state index in [1.807, 2.05) is 0 Å². The SMILES string of the molecule is Cc1ccc(OCc2c(F)cccc2F)c(C(=O)O)c1. The lowest BCUT2D eigenvalue weighted by Crippen LogP contribution is -2.06. The predicted molar refractivity (Wildman–Crippen MR) is 68.8 cm³/mol. The first-order valence-corrected chi connectivity index (χ1v) is 5.88. The molecule has 0 aliphatic heterocycles. The zero-order valence-corrected chi connectivity index (χ0v) is 10.7. The van der Waals surface area contributed by atoms with Crippen molar-refractivity contribution in [1.29, 1.82) is 0 Å². The van der Waals surface area contributed by atoms with Gasteiger partial charge in [-0.3, -0.25) is 0 Å². The van der Waals surface area contributed by atoms with Crippen molar-refractivity contribution in [3.8, 4) is 5.75 Å². The molecule has 0 amide bonds. The molecule has 0 bridgehead atoms. The third-order valence-electron chi connectivity index (χ3n) is 2.80. The third kappa shape index (κ3) is 2.93. The number of benzene rings is 2. The second-order valence-corrected chi connectivity index (χ2v) is 4.29. The van der Waals surface area contributed by atoms with Crippen molar-refractivity contribution in [2.75, 3.05) is 0 Å². The molecule has 0 heterocycles. The average Bonchev–Trinajstić information content (AvgIpc) is 2.39. The molecular weight excluding hydrogens is 266 g/mol. The molecule has 0 aliphatic carbocycles. The quantitative estimate of drug-likeness (QED) is 0.930. The highest BCUT2D eigenvalue weighted by atomic mass is 19.1. The van der Waals surface area contributed by atoms with Gasteiger partial charge in [-0.05, 0) is 31.2 Å². The number of carboxylic acids is 1. The van der Waals surface area contributed by atoms with Crippen LogP contribution in [-0.4, -0.2) is 11.1 Å². The lowest BCUT2D eigenvalue weighted by Gasteiger charge is -2.11. The van der Waals surface area contributed by atoms with Gasteiger partial charge in [-0.25, -0.2) is 13.6 Å². The first-order valence-electron chi connectivity index (χ1n) is 5.88. The fraction of sp³-hybridized carbons (Fsp3) is 0.133. The van der Waals surface area contributed by atoms with Gasteiger partial charge < -0.3 is 9.84 Å². The molecule has 0 saturated carbocycles. The maximum absolute atomic E-state index is 13.4. The molecule has 2 rings (SSSR count). The molecule has 2 aromatic rings. The molecule has 0 atom stereocenters. The van der Waals surface area contributed by atoms with Gasteiger partial charge in [0.1, 0.15) is 29.6 Å². The first kappa shape index (κ1) is 14.0. The van der Waals surface area contributed by atoms with Crippen LogP contribution in [-0.2, 0) is 6.61 Å². The van der Waals surface area contributed by atoms with Crippen LogP contribution in [0.3, 0.4) is 0 Å². The van der Waals surface area contributed by atoms with Crippen LogP contribution in [0.5, 0.6) is 5.75 Å². The smallest absolute Gasteiger partial charge is 0.339 e. The summed E-state index contributed by atoms with van der Waals surface area (Å²) in [6.45, 7) is 1.37. The van der Waals surface area contributed by atoms with E-state index in [4.69, 9.17) is 9.84 Å². The molecule has 5 heteroatoms. The number of ether oxygens (including phenoxy) is 1. The number of halogens is 2. The van der Waals surface area contributed by atoms with Crippen molar-refractivity contribution in [2.45, 2.75) is 13.5 Å². The highest BCUT2D eigenvalue weighted by Gasteiger charge is 2.14. The second kappa shape index (κ2) is 5.69. The number of carboxylic acid groups (broad SMARTS) is 1. The van der Waals surface area contributed by atoms with Crippen LogP contribution < -0.4 is 4.74 Å². The Labute approximate surface area is 114 Å². The molecule has 20 heavy (non-hydrogen) atoms. The average molecular weight is 278 g/mol. The fourth-order valence-corrected chi connectivity index (χ4v) is 1.76. The zero-order valence-electron chi connectivity index (χ0n) is 10.7. The Morgan fingerprint density at radius 2 is 1.85 bits per heavy atom. The van der Waals surface area contributed by atoms with E-state index in [9.17, 15) is 13.6 Å². The minimum atomic E-state index is -1.15. The van der Waals surface area contributed by atoms with E-state index in [-0.39, 0.29) is 23.5 Å². The molecule has 0 radical (unpaired) electrons. The molecular formula is C15H12F2O3. The number of hydrogen-bond acceptors (Lipinski definition) is 2. The van der Waals surface area contributed by atoms with E-state index in [2.05, 4.69) is 0 Å². The van der Waals surface area contributed by atoms with E-state index < -0.39 is 17.6 Å². The zero-order chi connectivity index (χ0) is 14.7. The number of aryl methyl sites for hydroxylation is 1. The largest absolute Gasteiger partial charge is 0.488 e. The minimum absolute atomic E-state index is 0.0400. The van der Waals surface area contributed by atoms with Gasteiger partial charge in [0.15, 0.2) is 0 Å². The van der Waals surface area contributed by atoms with Crippen molar-refractivity contribution < 1.29 is 23.4 Å². The van der Waals surface area contributed by atoms with Gasteiger partial charge >= 0.3 is 5.97 Å². The van der Waals surface area contributed by atoms with Gasteiger partial charge in [-0.2, -0.15) is 0 Å². The minimum Gasteiger partial charge on any atom is -0.488 e. The summed E-state index contributed by atoms with van der Waals surface area (Å²) in [5.74, 6) is -2.54. The summed E-state index contributed by atoms with van der Waals surface area (Å²) in [4.78, 5) is 11.1. The van der Waals surface area contributed by atoms with Crippen LogP contribution in [0.2, 0.25) is 0 Å². The van der Waals surface area contributed by atoms with Crippen LogP contribution >= 0.6 is 0 Å².